The number of nitrogens with zero attached hydrogens (tertiary/aromatic N) is 3. The van der Waals surface area contributed by atoms with Crippen LogP contribution in [-0.4, -0.2) is 39.4 Å². The minimum absolute atomic E-state index is 0. The van der Waals surface area contributed by atoms with Crippen molar-refractivity contribution >= 4 is 11.8 Å². The van der Waals surface area contributed by atoms with Gasteiger partial charge in [0, 0.05) is 6.54 Å². The fraction of sp³-hybridized carbons (Fsp3) is 0.667. The maximum atomic E-state index is 12.0. The van der Waals surface area contributed by atoms with Crippen LogP contribution in [0.1, 0.15) is 38.9 Å². The molecule has 0 saturated carbocycles. The summed E-state index contributed by atoms with van der Waals surface area (Å²) in [5.74, 6) is 0.704. The van der Waals surface area contributed by atoms with Gasteiger partial charge < -0.3 is 20.5 Å². The summed E-state index contributed by atoms with van der Waals surface area (Å²) in [5, 5.41) is 6.28. The van der Waals surface area contributed by atoms with Crippen molar-refractivity contribution in [3.63, 3.8) is 0 Å². The highest BCUT2D eigenvalue weighted by molar-refractivity contribution is 5.87. The van der Waals surface area contributed by atoms with Crippen LogP contribution in [0.25, 0.3) is 0 Å². The monoisotopic (exact) mass is 283 g/mol. The maximum Gasteiger partial charge on any atom is 0.318 e. The van der Waals surface area contributed by atoms with Crippen LogP contribution in [0.4, 0.5) is 4.79 Å². The SMILES string of the molecule is C.CC(=O)C1CCCN1C(=O)NCc1nc(CN)no1. The van der Waals surface area contributed by atoms with Gasteiger partial charge in [-0.1, -0.05) is 12.6 Å². The van der Waals surface area contributed by atoms with Gasteiger partial charge in [0.1, 0.15) is 0 Å². The molecule has 2 amide bonds. The summed E-state index contributed by atoms with van der Waals surface area (Å²) in [7, 11) is 0. The highest BCUT2D eigenvalue weighted by atomic mass is 16.5. The van der Waals surface area contributed by atoms with Crippen molar-refractivity contribution in [3.8, 4) is 0 Å². The average molecular weight is 283 g/mol. The lowest BCUT2D eigenvalue weighted by Gasteiger charge is -2.22. The van der Waals surface area contributed by atoms with E-state index in [1.807, 2.05) is 0 Å². The van der Waals surface area contributed by atoms with Crippen LogP contribution in [0.15, 0.2) is 4.52 Å². The molecule has 2 rings (SSSR count). The van der Waals surface area contributed by atoms with E-state index in [1.165, 1.54) is 6.92 Å². The van der Waals surface area contributed by atoms with Crippen molar-refractivity contribution in [3.05, 3.63) is 11.7 Å². The van der Waals surface area contributed by atoms with E-state index in [0.29, 0.717) is 18.3 Å². The molecule has 3 N–H and O–H groups in total. The van der Waals surface area contributed by atoms with E-state index >= 15 is 0 Å². The molecule has 0 spiro atoms. The number of carbonyl (C=O) groups excluding carboxylic acids is 2. The molecule has 1 aromatic heterocycles. The van der Waals surface area contributed by atoms with Gasteiger partial charge in [0.2, 0.25) is 5.89 Å². The van der Waals surface area contributed by atoms with E-state index in [9.17, 15) is 9.59 Å². The number of hydrogen-bond acceptors (Lipinski definition) is 6. The van der Waals surface area contributed by atoms with E-state index in [1.54, 1.807) is 4.90 Å². The van der Waals surface area contributed by atoms with Crippen LogP contribution in [0, 0.1) is 0 Å². The number of Topliss-reactive ketones (excluding diaryl/α,β-unsaturated/α-hetero) is 1. The molecule has 112 valence electrons. The van der Waals surface area contributed by atoms with Gasteiger partial charge in [0.15, 0.2) is 11.6 Å². The van der Waals surface area contributed by atoms with Gasteiger partial charge in [-0.05, 0) is 19.8 Å². The van der Waals surface area contributed by atoms with Crippen molar-refractivity contribution in [2.45, 2.75) is 46.3 Å². The number of urea groups is 1. The van der Waals surface area contributed by atoms with Gasteiger partial charge >= 0.3 is 6.03 Å². The first-order chi connectivity index (χ1) is 9.11. The fourth-order valence-corrected chi connectivity index (χ4v) is 2.13. The molecule has 20 heavy (non-hydrogen) atoms. The molecule has 1 aromatic rings. The number of ketones is 1. The minimum atomic E-state index is -0.317. The predicted molar refractivity (Wildman–Crippen MR) is 71.6 cm³/mol. The molecule has 1 aliphatic heterocycles. The first-order valence-electron chi connectivity index (χ1n) is 6.18. The van der Waals surface area contributed by atoms with E-state index in [0.717, 1.165) is 12.8 Å². The van der Waals surface area contributed by atoms with Crippen molar-refractivity contribution < 1.29 is 14.1 Å². The number of nitrogens with two attached hydrogens (primary N) is 1. The van der Waals surface area contributed by atoms with E-state index in [2.05, 4.69) is 15.5 Å². The molecule has 8 heteroatoms. The summed E-state index contributed by atoms with van der Waals surface area (Å²) in [6.07, 6.45) is 1.57. The molecule has 1 aliphatic rings. The molecule has 0 aliphatic carbocycles. The normalized spacial score (nSPS) is 17.7. The number of likely N-dealkylation sites (tertiary alicyclic amines) is 1. The zero-order valence-electron chi connectivity index (χ0n) is 10.8. The molecule has 1 fully saturated rings. The van der Waals surface area contributed by atoms with E-state index < -0.39 is 0 Å². The van der Waals surface area contributed by atoms with Crippen molar-refractivity contribution in [1.29, 1.82) is 0 Å². The molecule has 0 radical (unpaired) electrons. The average Bonchev–Trinajstić information content (AvgIpc) is 3.04. The van der Waals surface area contributed by atoms with Crippen LogP contribution in [0.5, 0.6) is 0 Å². The third-order valence-corrected chi connectivity index (χ3v) is 3.07. The van der Waals surface area contributed by atoms with Gasteiger partial charge in [-0.3, -0.25) is 4.79 Å². The molecular weight excluding hydrogens is 262 g/mol. The predicted octanol–water partition coefficient (Wildman–Crippen LogP) is 0.427. The smallest absolute Gasteiger partial charge is 0.318 e. The number of rotatable bonds is 4. The Balaban J connectivity index is 0.00000200. The minimum Gasteiger partial charge on any atom is -0.337 e. The Labute approximate surface area is 117 Å². The van der Waals surface area contributed by atoms with Gasteiger partial charge in [-0.15, -0.1) is 0 Å². The quantitative estimate of drug-likeness (QED) is 0.828. The summed E-state index contributed by atoms with van der Waals surface area (Å²) in [6, 6.07) is -0.604. The highest BCUT2D eigenvalue weighted by Gasteiger charge is 2.31. The second kappa shape index (κ2) is 6.99. The fourth-order valence-electron chi connectivity index (χ4n) is 2.13. The lowest BCUT2D eigenvalue weighted by atomic mass is 10.1. The van der Waals surface area contributed by atoms with Crippen molar-refractivity contribution in [2.75, 3.05) is 6.54 Å². The van der Waals surface area contributed by atoms with Gasteiger partial charge in [0.25, 0.3) is 0 Å². The summed E-state index contributed by atoms with van der Waals surface area (Å²) < 4.78 is 4.90. The maximum absolute atomic E-state index is 12.0. The Hall–Kier alpha value is -1.96. The standard InChI is InChI=1S/C11H17N5O3.CH4/c1-7(17)8-3-2-4-16(8)11(18)13-6-10-14-9(5-12)15-19-10;/h8H,2-6,12H2,1H3,(H,13,18);1H4. The lowest BCUT2D eigenvalue weighted by Crippen LogP contribution is -2.45. The molecule has 1 saturated heterocycles. The topological polar surface area (TPSA) is 114 Å². The molecule has 2 heterocycles. The zero-order chi connectivity index (χ0) is 13.8. The molecule has 1 unspecified atom stereocenters. The zero-order valence-corrected chi connectivity index (χ0v) is 10.8. The summed E-state index contributed by atoms with van der Waals surface area (Å²) in [6.45, 7) is 2.42. The number of amides is 2. The summed E-state index contributed by atoms with van der Waals surface area (Å²) >= 11 is 0. The Morgan fingerprint density at radius 2 is 2.30 bits per heavy atom. The Kier molecular flexibility index (Phi) is 5.63. The van der Waals surface area contributed by atoms with Gasteiger partial charge in [0.05, 0.1) is 19.1 Å². The van der Waals surface area contributed by atoms with Crippen LogP contribution in [0.3, 0.4) is 0 Å². The molecule has 0 aromatic carbocycles. The Morgan fingerprint density at radius 3 is 2.90 bits per heavy atom. The number of nitrogens with one attached hydrogen (secondary N) is 1. The first kappa shape index (κ1) is 16.1. The van der Waals surface area contributed by atoms with Crippen LogP contribution >= 0.6 is 0 Å². The number of hydrogen-bond donors (Lipinski definition) is 2. The Morgan fingerprint density at radius 1 is 1.55 bits per heavy atom. The molecule has 8 nitrogen and oxygen atoms in total. The summed E-state index contributed by atoms with van der Waals surface area (Å²) in [4.78, 5) is 28.9. The molecule has 1 atom stereocenters. The number of aromatic nitrogens is 2. The third kappa shape index (κ3) is 3.53. The molecule has 0 bridgehead atoms. The van der Waals surface area contributed by atoms with Crippen molar-refractivity contribution in [2.24, 2.45) is 5.73 Å². The second-order valence-corrected chi connectivity index (χ2v) is 4.43. The summed E-state index contributed by atoms with van der Waals surface area (Å²) in [5.41, 5.74) is 5.35. The largest absolute Gasteiger partial charge is 0.337 e. The van der Waals surface area contributed by atoms with Crippen LogP contribution < -0.4 is 11.1 Å². The molecular formula is C12H21N5O3. The van der Waals surface area contributed by atoms with Gasteiger partial charge in [-0.25, -0.2) is 4.79 Å². The van der Waals surface area contributed by atoms with E-state index in [-0.39, 0.29) is 38.4 Å². The third-order valence-electron chi connectivity index (χ3n) is 3.07. The van der Waals surface area contributed by atoms with Crippen LogP contribution in [-0.2, 0) is 17.9 Å². The lowest BCUT2D eigenvalue weighted by molar-refractivity contribution is -0.120. The highest BCUT2D eigenvalue weighted by Crippen LogP contribution is 2.17. The second-order valence-electron chi connectivity index (χ2n) is 4.43. The van der Waals surface area contributed by atoms with Crippen LogP contribution in [0.2, 0.25) is 0 Å². The first-order valence-corrected chi connectivity index (χ1v) is 6.18. The number of carbonyl (C=O) groups is 2. The van der Waals surface area contributed by atoms with E-state index in [4.69, 9.17) is 10.3 Å². The van der Waals surface area contributed by atoms with Crippen molar-refractivity contribution in [1.82, 2.24) is 20.4 Å². The van der Waals surface area contributed by atoms with Gasteiger partial charge in [-0.2, -0.15) is 4.98 Å². The Bertz CT molecular complexity index is 473.